The fourth-order valence-corrected chi connectivity index (χ4v) is 3.59. The quantitative estimate of drug-likeness (QED) is 0.928. The molecule has 1 aliphatic rings. The van der Waals surface area contributed by atoms with Gasteiger partial charge in [-0.05, 0) is 37.5 Å². The van der Waals surface area contributed by atoms with Crippen LogP contribution in [0.4, 0.5) is 0 Å². The van der Waals surface area contributed by atoms with Crippen molar-refractivity contribution < 1.29 is 4.79 Å². The summed E-state index contributed by atoms with van der Waals surface area (Å²) in [5, 5.41) is -0.0944. The Morgan fingerprint density at radius 3 is 2.70 bits per heavy atom. The minimum Gasteiger partial charge on any atom is -0.341 e. The first kappa shape index (κ1) is 15.4. The standard InChI is InChI=1S/C16H24N2OS/c1-12(17)14-9-6-10-18(11-14)16(19)15(20-2)13-7-4-3-5-8-13/h3-5,7-8,12,14-15H,6,9-11,17H2,1-2H3. The Labute approximate surface area is 125 Å². The van der Waals surface area contributed by atoms with E-state index in [9.17, 15) is 4.79 Å². The summed E-state index contributed by atoms with van der Waals surface area (Å²) < 4.78 is 0. The largest absolute Gasteiger partial charge is 0.341 e. The molecular weight excluding hydrogens is 268 g/mol. The third-order valence-corrected chi connectivity index (χ3v) is 5.02. The predicted molar refractivity (Wildman–Crippen MR) is 85.7 cm³/mol. The van der Waals surface area contributed by atoms with Gasteiger partial charge in [0.1, 0.15) is 5.25 Å². The van der Waals surface area contributed by atoms with Crippen LogP contribution in [-0.2, 0) is 4.79 Å². The third kappa shape index (κ3) is 3.55. The molecule has 1 amide bonds. The number of hydrogen-bond acceptors (Lipinski definition) is 3. The van der Waals surface area contributed by atoms with Crippen molar-refractivity contribution >= 4 is 17.7 Å². The van der Waals surface area contributed by atoms with Crippen LogP contribution >= 0.6 is 11.8 Å². The highest BCUT2D eigenvalue weighted by Crippen LogP contribution is 2.30. The topological polar surface area (TPSA) is 46.3 Å². The Bertz CT molecular complexity index is 435. The molecule has 1 heterocycles. The van der Waals surface area contributed by atoms with E-state index in [4.69, 9.17) is 5.73 Å². The van der Waals surface area contributed by atoms with Gasteiger partial charge in [-0.2, -0.15) is 0 Å². The predicted octanol–water partition coefficient (Wildman–Crippen LogP) is 2.68. The molecule has 1 aromatic rings. The van der Waals surface area contributed by atoms with E-state index in [-0.39, 0.29) is 17.2 Å². The summed E-state index contributed by atoms with van der Waals surface area (Å²) in [5.74, 6) is 0.667. The maximum Gasteiger partial charge on any atom is 0.240 e. The van der Waals surface area contributed by atoms with Gasteiger partial charge in [-0.1, -0.05) is 30.3 Å². The van der Waals surface area contributed by atoms with E-state index in [2.05, 4.69) is 0 Å². The second kappa shape index (κ2) is 7.14. The van der Waals surface area contributed by atoms with Crippen molar-refractivity contribution in [3.63, 3.8) is 0 Å². The number of carbonyl (C=O) groups excluding carboxylic acids is 1. The number of hydrogen-bond donors (Lipinski definition) is 1. The lowest BCUT2D eigenvalue weighted by atomic mass is 9.92. The van der Waals surface area contributed by atoms with Crippen LogP contribution in [0.25, 0.3) is 0 Å². The fourth-order valence-electron chi connectivity index (χ4n) is 2.81. The molecule has 3 nitrogen and oxygen atoms in total. The van der Waals surface area contributed by atoms with Crippen molar-refractivity contribution in [2.45, 2.75) is 31.1 Å². The van der Waals surface area contributed by atoms with Crippen LogP contribution in [0.3, 0.4) is 0 Å². The van der Waals surface area contributed by atoms with E-state index in [1.54, 1.807) is 11.8 Å². The number of rotatable bonds is 4. The molecule has 1 aliphatic heterocycles. The SMILES string of the molecule is CSC(C(=O)N1CCCC(C(C)N)C1)c1ccccc1. The monoisotopic (exact) mass is 292 g/mol. The second-order valence-electron chi connectivity index (χ2n) is 5.57. The van der Waals surface area contributed by atoms with Gasteiger partial charge in [-0.3, -0.25) is 4.79 Å². The van der Waals surface area contributed by atoms with Crippen LogP contribution in [0, 0.1) is 5.92 Å². The van der Waals surface area contributed by atoms with Crippen molar-refractivity contribution in [2.75, 3.05) is 19.3 Å². The number of thioether (sulfide) groups is 1. The van der Waals surface area contributed by atoms with Crippen molar-refractivity contribution in [1.82, 2.24) is 4.90 Å². The highest BCUT2D eigenvalue weighted by molar-refractivity contribution is 7.99. The zero-order valence-electron chi connectivity index (χ0n) is 12.3. The van der Waals surface area contributed by atoms with E-state index < -0.39 is 0 Å². The highest BCUT2D eigenvalue weighted by Gasteiger charge is 2.30. The Morgan fingerprint density at radius 1 is 1.40 bits per heavy atom. The molecule has 2 rings (SSSR count). The molecule has 1 fully saturated rings. The summed E-state index contributed by atoms with van der Waals surface area (Å²) >= 11 is 1.61. The van der Waals surface area contributed by atoms with Crippen LogP contribution in [0.5, 0.6) is 0 Å². The van der Waals surface area contributed by atoms with Gasteiger partial charge in [0.2, 0.25) is 5.91 Å². The fraction of sp³-hybridized carbons (Fsp3) is 0.562. The zero-order chi connectivity index (χ0) is 14.5. The van der Waals surface area contributed by atoms with Gasteiger partial charge in [-0.15, -0.1) is 11.8 Å². The zero-order valence-corrected chi connectivity index (χ0v) is 13.1. The van der Waals surface area contributed by atoms with E-state index >= 15 is 0 Å². The second-order valence-corrected chi connectivity index (χ2v) is 6.51. The normalized spacial score (nSPS) is 22.4. The number of nitrogens with two attached hydrogens (primary N) is 1. The molecule has 0 saturated carbocycles. The van der Waals surface area contributed by atoms with Crippen LogP contribution in [-0.4, -0.2) is 36.2 Å². The minimum atomic E-state index is -0.0944. The van der Waals surface area contributed by atoms with E-state index in [0.717, 1.165) is 31.5 Å². The number of nitrogens with zero attached hydrogens (tertiary/aromatic N) is 1. The summed E-state index contributed by atoms with van der Waals surface area (Å²) in [6.45, 7) is 3.72. The van der Waals surface area contributed by atoms with E-state index in [1.165, 1.54) is 0 Å². The van der Waals surface area contributed by atoms with Crippen LogP contribution in [0.2, 0.25) is 0 Å². The lowest BCUT2D eigenvalue weighted by molar-refractivity contribution is -0.132. The van der Waals surface area contributed by atoms with Crippen LogP contribution in [0.15, 0.2) is 30.3 Å². The van der Waals surface area contributed by atoms with E-state index in [1.807, 2.05) is 48.4 Å². The molecule has 1 aromatic carbocycles. The first-order valence-electron chi connectivity index (χ1n) is 7.25. The molecule has 3 unspecified atom stereocenters. The molecule has 20 heavy (non-hydrogen) atoms. The van der Waals surface area contributed by atoms with E-state index in [0.29, 0.717) is 5.92 Å². The lowest BCUT2D eigenvalue weighted by Gasteiger charge is -2.36. The smallest absolute Gasteiger partial charge is 0.240 e. The Balaban J connectivity index is 2.09. The molecule has 2 N–H and O–H groups in total. The van der Waals surface area contributed by atoms with Gasteiger partial charge < -0.3 is 10.6 Å². The Morgan fingerprint density at radius 2 is 2.10 bits per heavy atom. The molecule has 0 aliphatic carbocycles. The van der Waals surface area contributed by atoms with Gasteiger partial charge in [0.15, 0.2) is 0 Å². The van der Waals surface area contributed by atoms with Crippen molar-refractivity contribution in [3.8, 4) is 0 Å². The van der Waals surface area contributed by atoms with Crippen molar-refractivity contribution in [1.29, 1.82) is 0 Å². The van der Waals surface area contributed by atoms with Crippen molar-refractivity contribution in [2.24, 2.45) is 11.7 Å². The molecule has 0 spiro atoms. The lowest BCUT2D eigenvalue weighted by Crippen LogP contribution is -2.46. The van der Waals surface area contributed by atoms with Gasteiger partial charge in [0.05, 0.1) is 0 Å². The maximum absolute atomic E-state index is 12.8. The van der Waals surface area contributed by atoms with Gasteiger partial charge in [0, 0.05) is 19.1 Å². The molecule has 0 bridgehead atoms. The maximum atomic E-state index is 12.8. The molecule has 0 aromatic heterocycles. The highest BCUT2D eigenvalue weighted by atomic mass is 32.2. The van der Waals surface area contributed by atoms with Gasteiger partial charge in [0.25, 0.3) is 0 Å². The van der Waals surface area contributed by atoms with Crippen LogP contribution < -0.4 is 5.73 Å². The summed E-state index contributed by atoms with van der Waals surface area (Å²) in [6, 6.07) is 10.2. The Kier molecular flexibility index (Phi) is 5.49. The summed E-state index contributed by atoms with van der Waals surface area (Å²) in [7, 11) is 0. The molecule has 110 valence electrons. The van der Waals surface area contributed by atoms with Crippen LogP contribution in [0.1, 0.15) is 30.6 Å². The molecule has 4 heteroatoms. The number of benzene rings is 1. The molecule has 3 atom stereocenters. The summed E-state index contributed by atoms with van der Waals surface area (Å²) in [6.07, 6.45) is 4.20. The summed E-state index contributed by atoms with van der Waals surface area (Å²) in [5.41, 5.74) is 7.10. The molecule has 1 saturated heterocycles. The number of carbonyl (C=O) groups is 1. The number of amides is 1. The molecular formula is C16H24N2OS. The third-order valence-electron chi connectivity index (χ3n) is 4.08. The summed E-state index contributed by atoms with van der Waals surface area (Å²) in [4.78, 5) is 14.8. The van der Waals surface area contributed by atoms with Gasteiger partial charge in [-0.25, -0.2) is 0 Å². The molecule has 0 radical (unpaired) electrons. The number of piperidine rings is 1. The van der Waals surface area contributed by atoms with Gasteiger partial charge >= 0.3 is 0 Å². The minimum absolute atomic E-state index is 0.0944. The van der Waals surface area contributed by atoms with Crippen molar-refractivity contribution in [3.05, 3.63) is 35.9 Å². The first-order valence-corrected chi connectivity index (χ1v) is 8.54. The Hall–Kier alpha value is -1.00. The average molecular weight is 292 g/mol. The first-order chi connectivity index (χ1) is 9.63. The average Bonchev–Trinajstić information content (AvgIpc) is 2.49. The number of likely N-dealkylation sites (tertiary alicyclic amines) is 1.